The summed E-state index contributed by atoms with van der Waals surface area (Å²) in [6.07, 6.45) is -36.2. The predicted octanol–water partition coefficient (Wildman–Crippen LogP) is 2.04. The largest absolute Gasteiger partial charge is 0.451 e. The number of hydrogen-bond donors (Lipinski definition) is 7. The summed E-state index contributed by atoms with van der Waals surface area (Å²) < 4.78 is 53.8. The molecule has 4 aliphatic heterocycles. The van der Waals surface area contributed by atoms with Crippen LogP contribution in [0.4, 0.5) is 0 Å². The Kier molecular flexibility index (Phi) is 24.9. The minimum absolute atomic E-state index is 0. The Morgan fingerprint density at radius 3 is 1.47 bits per heavy atom. The van der Waals surface area contributed by atoms with E-state index in [0.717, 1.165) is 0 Å². The number of aliphatic hydroxyl groups is 7. The van der Waals surface area contributed by atoms with E-state index in [0.29, 0.717) is 0 Å². The van der Waals surface area contributed by atoms with E-state index >= 15 is 0 Å². The number of aliphatic hydroxyl groups excluding tert-OH is 7. The summed E-state index contributed by atoms with van der Waals surface area (Å²) in [6.45, 7) is -2.75. The first kappa shape index (κ1) is 64.2. The van der Waals surface area contributed by atoms with Crippen molar-refractivity contribution in [3.8, 4) is 0 Å². The van der Waals surface area contributed by atoms with Gasteiger partial charge in [0.25, 0.3) is 0 Å². The molecule has 0 amide bonds. The molecule has 79 heavy (non-hydrogen) atoms. The zero-order chi connectivity index (χ0) is 55.8. The third kappa shape index (κ3) is 15.1. The fourth-order valence-corrected chi connectivity index (χ4v) is 8.97. The molecule has 42 heteroatoms. The molecule has 24 atom stereocenters. The van der Waals surface area contributed by atoms with Gasteiger partial charge in [0.15, 0.2) is 31.3 Å². The first-order valence-corrected chi connectivity index (χ1v) is 22.7. The van der Waals surface area contributed by atoms with E-state index in [1.54, 1.807) is 6.07 Å². The second-order valence-electron chi connectivity index (χ2n) is 17.1. The predicted molar refractivity (Wildman–Crippen MR) is 259 cm³/mol. The second kappa shape index (κ2) is 30.7. The highest BCUT2D eigenvalue weighted by Gasteiger charge is 2.57. The number of esters is 1. The van der Waals surface area contributed by atoms with Crippen molar-refractivity contribution in [2.45, 2.75) is 161 Å². The summed E-state index contributed by atoms with van der Waals surface area (Å²) in [5.74, 6) is -1.04. The van der Waals surface area contributed by atoms with Crippen molar-refractivity contribution in [2.75, 3.05) is 26.2 Å². The van der Waals surface area contributed by atoms with Gasteiger partial charge in [0.1, 0.15) is 54.8 Å². The highest BCUT2D eigenvalue weighted by Crippen LogP contribution is 2.39. The molecule has 0 aromatic heterocycles. The minimum Gasteiger partial charge on any atom is -0.451 e. The molecule has 4 heterocycles. The van der Waals surface area contributed by atoms with Crippen molar-refractivity contribution >= 4 is 14.4 Å². The average molecular weight is 1120 g/mol. The number of ether oxygens (including phenoxy) is 9. The van der Waals surface area contributed by atoms with Crippen LogP contribution in [0.1, 0.15) is 25.6 Å². The van der Waals surface area contributed by atoms with Crippen molar-refractivity contribution < 1.29 is 84.6 Å². The molecule has 1 aromatic carbocycles. The van der Waals surface area contributed by atoms with Crippen LogP contribution in [-0.4, -0.2) is 223 Å². The van der Waals surface area contributed by atoms with Crippen LogP contribution in [-0.2, 0) is 42.6 Å². The summed E-state index contributed by atoms with van der Waals surface area (Å²) in [5, 5.41) is 107. The highest BCUT2D eigenvalue weighted by atomic mass is 16.8. The number of hydrogen-bond acceptors (Lipinski definition) is 25. The van der Waals surface area contributed by atoms with E-state index in [1.165, 1.54) is 24.3 Å². The summed E-state index contributed by atoms with van der Waals surface area (Å²) in [5.41, 5.74) is 74.4. The molecule has 3 radical (unpaired) electrons. The zero-order valence-corrected chi connectivity index (χ0v) is 39.8. The zero-order valence-electron chi connectivity index (χ0n) is 39.8. The van der Waals surface area contributed by atoms with Gasteiger partial charge >= 0.3 is 5.97 Å². The van der Waals surface area contributed by atoms with E-state index in [1.807, 2.05) is 0 Å². The Bertz CT molecular complexity index is 2620. The van der Waals surface area contributed by atoms with Gasteiger partial charge in [-0.3, -0.25) is 0 Å². The summed E-state index contributed by atoms with van der Waals surface area (Å²) in [7, 11) is 0. The topological polar surface area (TPSA) is 632 Å². The quantitative estimate of drug-likeness (QED) is 0.0287. The Morgan fingerprint density at radius 1 is 0.494 bits per heavy atom. The smallest absolute Gasteiger partial charge is 0.338 e. The molecule has 1 saturated carbocycles. The first-order chi connectivity index (χ1) is 37.2. The molecule has 0 spiro atoms. The average Bonchev–Trinajstić information content (AvgIpc) is 3.71. The van der Waals surface area contributed by atoms with E-state index in [4.69, 9.17) is 59.2 Å². The first-order valence-electron chi connectivity index (χ1n) is 22.7. The Morgan fingerprint density at radius 2 is 0.949 bits per heavy atom. The van der Waals surface area contributed by atoms with Crippen molar-refractivity contribution in [2.24, 2.45) is 40.9 Å². The van der Waals surface area contributed by atoms with Crippen molar-refractivity contribution in [3.05, 3.63) is 119 Å². The van der Waals surface area contributed by atoms with Crippen LogP contribution in [0.3, 0.4) is 0 Å². The van der Waals surface area contributed by atoms with Crippen molar-refractivity contribution in [3.63, 3.8) is 0 Å². The molecule has 5 fully saturated rings. The molecule has 4 saturated heterocycles. The number of benzene rings is 1. The molecule has 41 nitrogen and oxygen atoms in total. The molecule has 1 aromatic rings. The molecule has 425 valence electrons. The van der Waals surface area contributed by atoms with E-state index in [-0.39, 0.29) is 22.8 Å². The van der Waals surface area contributed by atoms with Crippen LogP contribution in [0.15, 0.2) is 71.2 Å². The van der Waals surface area contributed by atoms with Crippen molar-refractivity contribution in [1.82, 2.24) is 0 Å². The lowest BCUT2D eigenvalue weighted by Gasteiger charge is -2.47. The highest BCUT2D eigenvalue weighted by molar-refractivity contribution is 5.89. The fraction of sp³-hybridized carbons (Fsp3) is 0.811. The van der Waals surface area contributed by atoms with Crippen LogP contribution in [0.5, 0.6) is 0 Å². The summed E-state index contributed by atoms with van der Waals surface area (Å²) in [6, 6.07) is -0.976. The van der Waals surface area contributed by atoms with Gasteiger partial charge in [-0.15, -0.1) is 0 Å². The SMILES string of the molecule is C.[2HH].[B].[N-]=[N+]=NCC1O[C@H](O[C@@H]2C(N=[N+]=[N-])C[C@@H](N=[N+]=[N-])C(O)[C@H]2O[C@@H]2O[C@H](CO[C@H]3OC(CN=[N+]=[N-])[C@@H](N=[N+]=[N-])[C@H](O)C3OC(=O)c3ccccc3)[C@H](O[C@H]3O[C@@H](CN=[N+]=[N-])[C@@H](O)C(O)C3N=[N+]=[N-])C2O)C(N=[N+]=[N-])[C@@H](O)[C@@H]1O. The minimum atomic E-state index is -2.19. The lowest BCUT2D eigenvalue weighted by atomic mass is 9.84. The third-order valence-electron chi connectivity index (χ3n) is 12.7. The van der Waals surface area contributed by atoms with Crippen LogP contribution in [0, 0.1) is 0 Å². The van der Waals surface area contributed by atoms with Gasteiger partial charge < -0.3 is 78.4 Å². The van der Waals surface area contributed by atoms with Gasteiger partial charge in [-0.1, -0.05) is 66.5 Å². The summed E-state index contributed by atoms with van der Waals surface area (Å²) >= 11 is 0. The molecule has 0 bridgehead atoms. The van der Waals surface area contributed by atoms with Crippen LogP contribution in [0.25, 0.3) is 83.5 Å². The Balaban J connectivity index is 0.00000560. The Labute approximate surface area is 445 Å². The van der Waals surface area contributed by atoms with Gasteiger partial charge in [0.2, 0.25) is 0 Å². The number of rotatable bonds is 22. The number of carbonyl (C=O) groups is 1. The van der Waals surface area contributed by atoms with Crippen molar-refractivity contribution in [1.29, 1.82) is 0 Å². The van der Waals surface area contributed by atoms with Crippen LogP contribution in [0.2, 0.25) is 0 Å². The molecule has 5 aliphatic rings. The van der Waals surface area contributed by atoms with Crippen LogP contribution >= 0.6 is 0 Å². The van der Waals surface area contributed by atoms with E-state index < -0.39 is 186 Å². The van der Waals surface area contributed by atoms with Gasteiger partial charge in [-0.2, -0.15) is 0 Å². The monoisotopic (exact) mass is 1120 g/mol. The molecular weight excluding hydrogens is 1060 g/mol. The Hall–Kier alpha value is -7.37. The lowest BCUT2D eigenvalue weighted by Crippen LogP contribution is -2.63. The number of carbonyl (C=O) groups excluding carboxylic acids is 1. The summed E-state index contributed by atoms with van der Waals surface area (Å²) in [4.78, 5) is 34.9. The van der Waals surface area contributed by atoms with Gasteiger partial charge in [-0.05, 0) is 62.8 Å². The van der Waals surface area contributed by atoms with E-state index in [2.05, 4.69) is 80.2 Å². The maximum absolute atomic E-state index is 13.4. The van der Waals surface area contributed by atoms with Gasteiger partial charge in [0.05, 0.1) is 92.7 Å². The standard InChI is InChI=1S/C36H46N24O17.CH4.B.H2/c37-53-45-7-14-18(50-58-42)26(66)31(74-32(68)11-4-2-1-3-5-11)36(70-14)69-10-17-29(76-34-20(52-60-44)25(65)23(63)16(72-34)9-47-55-39)27(67)35(73-17)77-30-21(61)12(48-56-40)6-13(49-57-41)28(30)75-33-19(51-59-43)24(64)22(62)15(71-33)8-46-54-38;;;/h1-5,12-31,33-36,61-67H,6-10H2;1H4;;1H/t12-,13?,14?,15?,16+,17-,18-,19?,20?,21?,22-,23-,24-,25?,26+,27?,28-,29+,30-,31?,33-,34-,35+,36+;;;/m1.../s1/i;;;1+1. The molecule has 6 rings (SSSR count). The normalized spacial score (nSPS) is 38.3. The second-order valence-corrected chi connectivity index (χ2v) is 17.1. The van der Waals surface area contributed by atoms with Gasteiger partial charge in [-0.25, -0.2) is 4.79 Å². The van der Waals surface area contributed by atoms with Crippen LogP contribution < -0.4 is 0 Å². The molecule has 9 unspecified atom stereocenters. The maximum Gasteiger partial charge on any atom is 0.338 e. The van der Waals surface area contributed by atoms with E-state index in [9.17, 15) is 68.2 Å². The molecule has 1 aliphatic carbocycles. The maximum atomic E-state index is 13.4. The fourth-order valence-electron chi connectivity index (χ4n) is 8.97. The third-order valence-corrected chi connectivity index (χ3v) is 12.7. The number of azide groups is 8. The molecule has 7 N–H and O–H groups in total. The van der Waals surface area contributed by atoms with Gasteiger partial charge in [0, 0.05) is 49.1 Å². The lowest BCUT2D eigenvalue weighted by molar-refractivity contribution is -0.308. The molecular formula is C37H52BN24O17. The number of nitrogens with zero attached hydrogens (tertiary/aromatic N) is 24.